The molecule has 0 bridgehead atoms. The molecular weight excluding hydrogens is 234 g/mol. The minimum Gasteiger partial charge on any atom is -0.378 e. The first-order chi connectivity index (χ1) is 8.26. The van der Waals surface area contributed by atoms with Crippen molar-refractivity contribution in [3.05, 3.63) is 18.1 Å². The van der Waals surface area contributed by atoms with E-state index in [0.717, 1.165) is 48.5 Å². The molecule has 4 nitrogen and oxygen atoms in total. The van der Waals surface area contributed by atoms with Crippen molar-refractivity contribution in [2.45, 2.75) is 11.8 Å². The number of aryl methyl sites for hydroxylation is 1. The van der Waals surface area contributed by atoms with Crippen LogP contribution in [0.3, 0.4) is 0 Å². The van der Waals surface area contributed by atoms with E-state index in [0.29, 0.717) is 0 Å². The van der Waals surface area contributed by atoms with Crippen molar-refractivity contribution >= 4 is 23.7 Å². The van der Waals surface area contributed by atoms with Gasteiger partial charge >= 0.3 is 0 Å². The van der Waals surface area contributed by atoms with E-state index in [4.69, 9.17) is 4.74 Å². The molecule has 2 heterocycles. The average molecular weight is 251 g/mol. The molecule has 0 spiro atoms. The number of hydrogen-bond donors (Lipinski definition) is 0. The second kappa shape index (κ2) is 5.51. The number of hydrogen-bond acceptors (Lipinski definition) is 5. The first-order valence-electron chi connectivity index (χ1n) is 5.64. The highest BCUT2D eigenvalue weighted by molar-refractivity contribution is 7.98. The Morgan fingerprint density at radius 3 is 2.65 bits per heavy atom. The Kier molecular flexibility index (Phi) is 4.02. The quantitative estimate of drug-likeness (QED) is 0.768. The molecule has 1 aliphatic heterocycles. The number of anilines is 1. The summed E-state index contributed by atoms with van der Waals surface area (Å²) in [5.74, 6) is 1.81. The molecule has 2 rings (SSSR count). The van der Waals surface area contributed by atoms with E-state index in [1.54, 1.807) is 17.8 Å². The first-order valence-corrected chi connectivity index (χ1v) is 6.86. The number of rotatable bonds is 3. The molecular formula is C12H17N3OS. The normalized spacial score (nSPS) is 16.0. The van der Waals surface area contributed by atoms with Crippen molar-refractivity contribution in [3.8, 4) is 0 Å². The van der Waals surface area contributed by atoms with Crippen LogP contribution in [0.1, 0.15) is 11.5 Å². The highest BCUT2D eigenvalue weighted by Crippen LogP contribution is 2.30. The lowest BCUT2D eigenvalue weighted by atomic mass is 10.3. The summed E-state index contributed by atoms with van der Waals surface area (Å²) < 4.78 is 5.37. The smallest absolute Gasteiger partial charge is 0.146 e. The van der Waals surface area contributed by atoms with Gasteiger partial charge in [-0.15, -0.1) is 11.8 Å². The fourth-order valence-corrected chi connectivity index (χ4v) is 2.59. The van der Waals surface area contributed by atoms with E-state index >= 15 is 0 Å². The van der Waals surface area contributed by atoms with Gasteiger partial charge in [-0.25, -0.2) is 9.97 Å². The van der Waals surface area contributed by atoms with Gasteiger partial charge in [-0.3, -0.25) is 0 Å². The summed E-state index contributed by atoms with van der Waals surface area (Å²) in [6, 6.07) is 0. The van der Waals surface area contributed by atoms with Gasteiger partial charge in [0.15, 0.2) is 0 Å². The monoisotopic (exact) mass is 251 g/mol. The zero-order valence-corrected chi connectivity index (χ0v) is 11.1. The minimum atomic E-state index is 0.764. The second-order valence-electron chi connectivity index (χ2n) is 3.82. The molecule has 0 aliphatic carbocycles. The van der Waals surface area contributed by atoms with Crippen LogP contribution >= 0.6 is 11.8 Å². The van der Waals surface area contributed by atoms with Crippen LogP contribution in [0.2, 0.25) is 0 Å². The molecule has 0 radical (unpaired) electrons. The van der Waals surface area contributed by atoms with Crippen LogP contribution in [0.15, 0.2) is 11.5 Å². The summed E-state index contributed by atoms with van der Waals surface area (Å²) in [5.41, 5.74) is 0.923. The molecule has 17 heavy (non-hydrogen) atoms. The van der Waals surface area contributed by atoms with Crippen LogP contribution in [-0.2, 0) is 4.74 Å². The fourth-order valence-electron chi connectivity index (χ4n) is 1.89. The molecule has 1 aromatic rings. The van der Waals surface area contributed by atoms with E-state index in [9.17, 15) is 0 Å². The largest absolute Gasteiger partial charge is 0.378 e. The lowest BCUT2D eigenvalue weighted by molar-refractivity contribution is 0.122. The van der Waals surface area contributed by atoms with Crippen molar-refractivity contribution in [3.63, 3.8) is 0 Å². The molecule has 92 valence electrons. The highest BCUT2D eigenvalue weighted by atomic mass is 32.2. The lowest BCUT2D eigenvalue weighted by Crippen LogP contribution is -2.37. The van der Waals surface area contributed by atoms with Crippen LogP contribution in [0, 0.1) is 6.92 Å². The maximum Gasteiger partial charge on any atom is 0.146 e. The first kappa shape index (κ1) is 12.4. The molecule has 1 aliphatic rings. The van der Waals surface area contributed by atoms with Crippen molar-refractivity contribution in [2.75, 3.05) is 37.5 Å². The number of aromatic nitrogens is 2. The maximum absolute atomic E-state index is 5.37. The Hall–Kier alpha value is -1.07. The summed E-state index contributed by atoms with van der Waals surface area (Å²) in [7, 11) is 0. The van der Waals surface area contributed by atoms with Crippen LogP contribution in [-0.4, -0.2) is 42.5 Å². The van der Waals surface area contributed by atoms with Gasteiger partial charge in [0.25, 0.3) is 0 Å². The maximum atomic E-state index is 5.37. The number of ether oxygens (including phenoxy) is 1. The zero-order valence-electron chi connectivity index (χ0n) is 10.3. The summed E-state index contributed by atoms with van der Waals surface area (Å²) in [6.45, 7) is 9.05. The molecule has 0 unspecified atom stereocenters. The van der Waals surface area contributed by atoms with Gasteiger partial charge in [-0.2, -0.15) is 0 Å². The summed E-state index contributed by atoms with van der Waals surface area (Å²) in [5, 5.41) is 0. The Bertz CT molecular complexity index is 416. The van der Waals surface area contributed by atoms with Gasteiger partial charge in [0.05, 0.1) is 23.8 Å². The Morgan fingerprint density at radius 2 is 2.06 bits per heavy atom. The van der Waals surface area contributed by atoms with Crippen LogP contribution in [0.25, 0.3) is 6.08 Å². The van der Waals surface area contributed by atoms with Gasteiger partial charge < -0.3 is 9.64 Å². The molecule has 0 atom stereocenters. The Balaban J connectivity index is 2.42. The molecule has 1 aromatic heterocycles. The van der Waals surface area contributed by atoms with Gasteiger partial charge in [-0.05, 0) is 19.3 Å². The molecule has 0 saturated carbocycles. The number of thioether (sulfide) groups is 1. The second-order valence-corrected chi connectivity index (χ2v) is 4.63. The molecule has 0 N–H and O–H groups in total. The van der Waals surface area contributed by atoms with Gasteiger partial charge in [-0.1, -0.05) is 6.58 Å². The van der Waals surface area contributed by atoms with Crippen LogP contribution in [0.5, 0.6) is 0 Å². The van der Waals surface area contributed by atoms with Gasteiger partial charge in [0, 0.05) is 13.1 Å². The average Bonchev–Trinajstić information content (AvgIpc) is 2.38. The van der Waals surface area contributed by atoms with E-state index < -0.39 is 0 Å². The SMILES string of the molecule is C=Cc1nc(C)nc(N2CCOCC2)c1SC. The molecule has 1 saturated heterocycles. The van der Waals surface area contributed by atoms with E-state index in [1.165, 1.54) is 0 Å². The summed E-state index contributed by atoms with van der Waals surface area (Å²) in [6.07, 6.45) is 3.84. The van der Waals surface area contributed by atoms with Crippen molar-refractivity contribution < 1.29 is 4.74 Å². The third kappa shape index (κ3) is 2.61. The van der Waals surface area contributed by atoms with Crippen molar-refractivity contribution in [1.29, 1.82) is 0 Å². The van der Waals surface area contributed by atoms with Crippen molar-refractivity contribution in [1.82, 2.24) is 9.97 Å². The van der Waals surface area contributed by atoms with Crippen LogP contribution < -0.4 is 4.90 Å². The number of nitrogens with zero attached hydrogens (tertiary/aromatic N) is 3. The highest BCUT2D eigenvalue weighted by Gasteiger charge is 2.18. The standard InChI is InChI=1S/C12H17N3OS/c1-4-10-11(17-3)12(14-9(2)13-10)15-5-7-16-8-6-15/h4H,1,5-8H2,2-3H3. The molecule has 5 heteroatoms. The molecule has 0 amide bonds. The predicted octanol–water partition coefficient (Wildman–Crippen LogP) is 1.99. The van der Waals surface area contributed by atoms with E-state index in [2.05, 4.69) is 21.4 Å². The summed E-state index contributed by atoms with van der Waals surface area (Å²) >= 11 is 1.67. The predicted molar refractivity (Wildman–Crippen MR) is 71.7 cm³/mol. The minimum absolute atomic E-state index is 0.764. The van der Waals surface area contributed by atoms with Crippen molar-refractivity contribution in [2.24, 2.45) is 0 Å². The third-order valence-corrected chi connectivity index (χ3v) is 3.49. The fraction of sp³-hybridized carbons (Fsp3) is 0.500. The molecule has 0 aromatic carbocycles. The van der Waals surface area contributed by atoms with Crippen LogP contribution in [0.4, 0.5) is 5.82 Å². The molecule has 1 fully saturated rings. The van der Waals surface area contributed by atoms with Gasteiger partial charge in [0.1, 0.15) is 11.6 Å². The van der Waals surface area contributed by atoms with Gasteiger partial charge in [0.2, 0.25) is 0 Å². The lowest BCUT2D eigenvalue weighted by Gasteiger charge is -2.29. The summed E-state index contributed by atoms with van der Waals surface area (Å²) in [4.78, 5) is 12.3. The Labute approximate surface area is 106 Å². The number of morpholine rings is 1. The zero-order chi connectivity index (χ0) is 12.3. The topological polar surface area (TPSA) is 38.2 Å². The van der Waals surface area contributed by atoms with E-state index in [-0.39, 0.29) is 0 Å². The Morgan fingerprint density at radius 1 is 1.35 bits per heavy atom. The van der Waals surface area contributed by atoms with E-state index in [1.807, 2.05) is 13.2 Å². The third-order valence-electron chi connectivity index (χ3n) is 2.69.